The summed E-state index contributed by atoms with van der Waals surface area (Å²) in [4.78, 5) is 14.9. The molecule has 0 aromatic heterocycles. The molecular weight excluding hydrogens is 414 g/mol. The smallest absolute Gasteiger partial charge is 0.257 e. The highest BCUT2D eigenvalue weighted by Crippen LogP contribution is 2.31. The molecule has 0 bridgehead atoms. The number of benzene rings is 3. The first-order valence-corrected chi connectivity index (χ1v) is 10.9. The van der Waals surface area contributed by atoms with Crippen LogP contribution in [0.4, 0.5) is 11.4 Å². The number of carbonyl (C=O) groups is 1. The second kappa shape index (κ2) is 9.02. The maximum Gasteiger partial charge on any atom is 0.257 e. The normalized spacial score (nSPS) is 14.5. The van der Waals surface area contributed by atoms with Crippen LogP contribution in [0, 0.1) is 5.92 Å². The Morgan fingerprint density at radius 3 is 2.50 bits per heavy atom. The quantitative estimate of drug-likeness (QED) is 0.504. The molecule has 0 radical (unpaired) electrons. The number of nitrogens with one attached hydrogen (secondary N) is 2. The largest absolute Gasteiger partial charge is 0.370 e. The average molecular weight is 438 g/mol. The van der Waals surface area contributed by atoms with Crippen LogP contribution in [0.5, 0.6) is 0 Å². The second-order valence-corrected chi connectivity index (χ2v) is 8.62. The number of fused-ring (bicyclic) bond motifs is 1. The van der Waals surface area contributed by atoms with Gasteiger partial charge in [-0.05, 0) is 72.1 Å². The van der Waals surface area contributed by atoms with E-state index in [0.29, 0.717) is 10.6 Å². The van der Waals surface area contributed by atoms with Gasteiger partial charge in [-0.15, -0.1) is 0 Å². The molecular formula is C24H24ClN3OS. The molecule has 0 spiro atoms. The van der Waals surface area contributed by atoms with E-state index in [4.69, 9.17) is 23.8 Å². The number of rotatable bonds is 3. The van der Waals surface area contributed by atoms with Gasteiger partial charge in [-0.3, -0.25) is 10.1 Å². The van der Waals surface area contributed by atoms with E-state index < -0.39 is 0 Å². The molecule has 1 fully saturated rings. The summed E-state index contributed by atoms with van der Waals surface area (Å²) in [5.74, 6) is 0.521. The first-order chi connectivity index (χ1) is 14.5. The van der Waals surface area contributed by atoms with E-state index in [1.54, 1.807) is 6.07 Å². The molecule has 4 nitrogen and oxygen atoms in total. The SMILES string of the molecule is CC1CCN(c2ccc(NC(=S)NC(=O)c3ccc4ccccc4c3)cc2Cl)CC1. The summed E-state index contributed by atoms with van der Waals surface area (Å²) in [5, 5.41) is 8.82. The Morgan fingerprint density at radius 2 is 1.77 bits per heavy atom. The maximum atomic E-state index is 12.6. The molecule has 6 heteroatoms. The number of piperidine rings is 1. The number of thiocarbonyl (C=S) groups is 1. The number of hydrogen-bond donors (Lipinski definition) is 2. The van der Waals surface area contributed by atoms with Gasteiger partial charge in [0, 0.05) is 24.3 Å². The standard InChI is InChI=1S/C24H24ClN3OS/c1-16-10-12-28(13-11-16)22-9-8-20(15-21(22)25)26-24(30)27-23(29)19-7-6-17-4-2-3-5-18(17)14-19/h2-9,14-16H,10-13H2,1H3,(H2,26,27,29,30). The predicted molar refractivity (Wildman–Crippen MR) is 130 cm³/mol. The van der Waals surface area contributed by atoms with Crippen molar-refractivity contribution in [1.82, 2.24) is 5.32 Å². The summed E-state index contributed by atoms with van der Waals surface area (Å²) in [6, 6.07) is 19.3. The molecule has 3 aromatic rings. The van der Waals surface area contributed by atoms with Gasteiger partial charge < -0.3 is 10.2 Å². The van der Waals surface area contributed by atoms with E-state index in [-0.39, 0.29) is 11.0 Å². The van der Waals surface area contributed by atoms with Crippen LogP contribution in [0.15, 0.2) is 60.7 Å². The van der Waals surface area contributed by atoms with E-state index in [0.717, 1.165) is 41.2 Å². The van der Waals surface area contributed by atoms with Gasteiger partial charge in [0.1, 0.15) is 0 Å². The molecule has 154 valence electrons. The van der Waals surface area contributed by atoms with Crippen molar-refractivity contribution in [1.29, 1.82) is 0 Å². The first-order valence-electron chi connectivity index (χ1n) is 10.2. The number of nitrogens with zero attached hydrogens (tertiary/aromatic N) is 1. The Balaban J connectivity index is 1.39. The van der Waals surface area contributed by atoms with Gasteiger partial charge in [-0.25, -0.2) is 0 Å². The number of halogens is 1. The lowest BCUT2D eigenvalue weighted by Crippen LogP contribution is -2.34. The number of hydrogen-bond acceptors (Lipinski definition) is 3. The van der Waals surface area contributed by atoms with E-state index >= 15 is 0 Å². The number of carbonyl (C=O) groups excluding carboxylic acids is 1. The summed E-state index contributed by atoms with van der Waals surface area (Å²) < 4.78 is 0. The highest BCUT2D eigenvalue weighted by molar-refractivity contribution is 7.80. The van der Waals surface area contributed by atoms with Gasteiger partial charge in [-0.2, -0.15) is 0 Å². The molecule has 30 heavy (non-hydrogen) atoms. The fourth-order valence-electron chi connectivity index (χ4n) is 3.76. The molecule has 2 N–H and O–H groups in total. The molecule has 1 aliphatic rings. The van der Waals surface area contributed by atoms with Crippen LogP contribution in [0.3, 0.4) is 0 Å². The monoisotopic (exact) mass is 437 g/mol. The molecule has 0 atom stereocenters. The fourth-order valence-corrected chi connectivity index (χ4v) is 4.27. The lowest BCUT2D eigenvalue weighted by Gasteiger charge is -2.32. The van der Waals surface area contributed by atoms with E-state index in [2.05, 4.69) is 22.5 Å². The third-order valence-electron chi connectivity index (χ3n) is 5.57. The molecule has 4 rings (SSSR count). The Hall–Kier alpha value is -2.63. The highest BCUT2D eigenvalue weighted by Gasteiger charge is 2.18. The minimum Gasteiger partial charge on any atom is -0.370 e. The van der Waals surface area contributed by atoms with Gasteiger partial charge >= 0.3 is 0 Å². The maximum absolute atomic E-state index is 12.6. The summed E-state index contributed by atoms with van der Waals surface area (Å²) >= 11 is 11.9. The van der Waals surface area contributed by atoms with Gasteiger partial charge in [0.05, 0.1) is 10.7 Å². The van der Waals surface area contributed by atoms with Crippen LogP contribution in [0.25, 0.3) is 10.8 Å². The lowest BCUT2D eigenvalue weighted by atomic mass is 9.99. The van der Waals surface area contributed by atoms with Gasteiger partial charge in [0.15, 0.2) is 5.11 Å². The van der Waals surface area contributed by atoms with Gasteiger partial charge in [-0.1, -0.05) is 48.9 Å². The predicted octanol–water partition coefficient (Wildman–Crippen LogP) is 5.86. The molecule has 0 saturated carbocycles. The summed E-state index contributed by atoms with van der Waals surface area (Å²) in [6.45, 7) is 4.33. The fraction of sp³-hybridized carbons (Fsp3) is 0.250. The zero-order valence-corrected chi connectivity index (χ0v) is 18.4. The number of amides is 1. The van der Waals surface area contributed by atoms with E-state index in [1.807, 2.05) is 54.6 Å². The van der Waals surface area contributed by atoms with Crippen molar-refractivity contribution < 1.29 is 4.79 Å². The Bertz CT molecular complexity index is 1090. The van der Waals surface area contributed by atoms with Gasteiger partial charge in [0.25, 0.3) is 5.91 Å². The summed E-state index contributed by atoms with van der Waals surface area (Å²) in [5.41, 5.74) is 2.35. The Labute approximate surface area is 187 Å². The molecule has 1 heterocycles. The van der Waals surface area contributed by atoms with Crippen molar-refractivity contribution in [2.45, 2.75) is 19.8 Å². The van der Waals surface area contributed by atoms with E-state index in [1.165, 1.54) is 12.8 Å². The van der Waals surface area contributed by atoms with E-state index in [9.17, 15) is 4.79 Å². The second-order valence-electron chi connectivity index (χ2n) is 7.81. The molecule has 0 aliphatic carbocycles. The average Bonchev–Trinajstić information content (AvgIpc) is 2.74. The van der Waals surface area contributed by atoms with Crippen LogP contribution < -0.4 is 15.5 Å². The highest BCUT2D eigenvalue weighted by atomic mass is 35.5. The summed E-state index contributed by atoms with van der Waals surface area (Å²) in [7, 11) is 0. The molecule has 1 saturated heterocycles. The van der Waals surface area contributed by atoms with Gasteiger partial charge in [0.2, 0.25) is 0 Å². The Kier molecular flexibility index (Phi) is 6.21. The van der Waals surface area contributed by atoms with Crippen LogP contribution >= 0.6 is 23.8 Å². The third kappa shape index (κ3) is 4.74. The van der Waals surface area contributed by atoms with Crippen molar-refractivity contribution in [3.05, 3.63) is 71.2 Å². The first kappa shape index (κ1) is 20.6. The van der Waals surface area contributed by atoms with Crippen molar-refractivity contribution in [3.63, 3.8) is 0 Å². The zero-order chi connectivity index (χ0) is 21.1. The molecule has 1 aliphatic heterocycles. The van der Waals surface area contributed by atoms with Crippen LogP contribution in [-0.2, 0) is 0 Å². The van der Waals surface area contributed by atoms with Crippen molar-refractivity contribution >= 4 is 57.0 Å². The Morgan fingerprint density at radius 1 is 1.03 bits per heavy atom. The van der Waals surface area contributed by atoms with Crippen LogP contribution in [0.2, 0.25) is 5.02 Å². The molecule has 3 aromatic carbocycles. The lowest BCUT2D eigenvalue weighted by molar-refractivity contribution is 0.0978. The number of anilines is 2. The minimum atomic E-state index is -0.247. The third-order valence-corrected chi connectivity index (χ3v) is 6.08. The van der Waals surface area contributed by atoms with Crippen molar-refractivity contribution in [3.8, 4) is 0 Å². The minimum absolute atomic E-state index is 0.240. The van der Waals surface area contributed by atoms with Crippen LogP contribution in [-0.4, -0.2) is 24.1 Å². The zero-order valence-electron chi connectivity index (χ0n) is 16.8. The van der Waals surface area contributed by atoms with Crippen molar-refractivity contribution in [2.24, 2.45) is 5.92 Å². The molecule has 1 amide bonds. The topological polar surface area (TPSA) is 44.4 Å². The van der Waals surface area contributed by atoms with Crippen LogP contribution in [0.1, 0.15) is 30.1 Å². The van der Waals surface area contributed by atoms with Crippen molar-refractivity contribution in [2.75, 3.05) is 23.3 Å². The summed E-state index contributed by atoms with van der Waals surface area (Å²) in [6.07, 6.45) is 2.36. The molecule has 0 unspecified atom stereocenters.